The quantitative estimate of drug-likeness (QED) is 0.912. The number of halogens is 1. The van der Waals surface area contributed by atoms with Gasteiger partial charge in [-0.15, -0.1) is 0 Å². The summed E-state index contributed by atoms with van der Waals surface area (Å²) in [5, 5.41) is 11.7. The van der Waals surface area contributed by atoms with E-state index < -0.39 is 17.5 Å². The average molecular weight is 305 g/mol. The monoisotopic (exact) mass is 305 g/mol. The average Bonchev–Trinajstić information content (AvgIpc) is 2.85. The highest BCUT2D eigenvalue weighted by atomic mass is 19.1. The summed E-state index contributed by atoms with van der Waals surface area (Å²) in [7, 11) is 0. The molecular weight excluding hydrogens is 285 g/mol. The first-order valence-corrected chi connectivity index (χ1v) is 7.23. The van der Waals surface area contributed by atoms with Gasteiger partial charge in [-0.2, -0.15) is 5.26 Å². The molecule has 0 spiro atoms. The Kier molecular flexibility index (Phi) is 4.55. The molecule has 1 aromatic rings. The van der Waals surface area contributed by atoms with E-state index in [1.54, 1.807) is 32.9 Å². The number of hydrogen-bond donors (Lipinski definition) is 1. The Morgan fingerprint density at radius 1 is 1.50 bits per heavy atom. The number of carbonyl (C=O) groups excluding carboxylic acids is 1. The number of nitrogens with zero attached hydrogens (tertiary/aromatic N) is 2. The van der Waals surface area contributed by atoms with E-state index in [2.05, 4.69) is 5.32 Å². The molecule has 1 atom stereocenters. The zero-order valence-electron chi connectivity index (χ0n) is 13.0. The van der Waals surface area contributed by atoms with Crippen molar-refractivity contribution in [2.45, 2.75) is 38.8 Å². The van der Waals surface area contributed by atoms with Gasteiger partial charge in [0.1, 0.15) is 11.7 Å². The van der Waals surface area contributed by atoms with Crippen LogP contribution in [0.5, 0.6) is 0 Å². The lowest BCUT2D eigenvalue weighted by atomic mass is 10.2. The predicted molar refractivity (Wildman–Crippen MR) is 81.1 cm³/mol. The molecule has 1 unspecified atom stereocenters. The van der Waals surface area contributed by atoms with Crippen LogP contribution in [0, 0.1) is 17.1 Å². The van der Waals surface area contributed by atoms with Gasteiger partial charge in [-0.1, -0.05) is 6.07 Å². The van der Waals surface area contributed by atoms with E-state index in [0.29, 0.717) is 25.2 Å². The lowest BCUT2D eigenvalue weighted by Gasteiger charge is -2.22. The molecule has 1 fully saturated rings. The second kappa shape index (κ2) is 6.22. The van der Waals surface area contributed by atoms with Crippen molar-refractivity contribution in [3.8, 4) is 6.07 Å². The number of benzene rings is 1. The van der Waals surface area contributed by atoms with Gasteiger partial charge in [-0.3, -0.25) is 0 Å². The van der Waals surface area contributed by atoms with Gasteiger partial charge >= 0.3 is 6.09 Å². The molecule has 6 heteroatoms. The standard InChI is InChI=1S/C16H20FN3O2/c1-16(2,3)22-15(21)19-12-7-8-20(10-12)13-6-4-5-11(9-18)14(13)17/h4-6,12H,7-8,10H2,1-3H3,(H,19,21). The zero-order chi connectivity index (χ0) is 16.3. The summed E-state index contributed by atoms with van der Waals surface area (Å²) in [5.41, 5.74) is -0.121. The van der Waals surface area contributed by atoms with E-state index in [9.17, 15) is 9.18 Å². The molecule has 0 bridgehead atoms. The highest BCUT2D eigenvalue weighted by Crippen LogP contribution is 2.25. The number of hydrogen-bond acceptors (Lipinski definition) is 4. The van der Waals surface area contributed by atoms with Crippen molar-refractivity contribution in [3.63, 3.8) is 0 Å². The summed E-state index contributed by atoms with van der Waals surface area (Å²) >= 11 is 0. The third kappa shape index (κ3) is 3.88. The van der Waals surface area contributed by atoms with Crippen molar-refractivity contribution in [2.24, 2.45) is 0 Å². The minimum absolute atomic E-state index is 0.0288. The fraction of sp³-hybridized carbons (Fsp3) is 0.500. The molecule has 1 saturated heterocycles. The van der Waals surface area contributed by atoms with E-state index in [0.717, 1.165) is 0 Å². The molecule has 0 aliphatic carbocycles. The number of nitriles is 1. The van der Waals surface area contributed by atoms with Crippen LogP contribution in [0.15, 0.2) is 18.2 Å². The maximum absolute atomic E-state index is 14.2. The molecule has 118 valence electrons. The molecule has 1 heterocycles. The van der Waals surface area contributed by atoms with Crippen LogP contribution in [0.4, 0.5) is 14.9 Å². The highest BCUT2D eigenvalue weighted by Gasteiger charge is 2.28. The van der Waals surface area contributed by atoms with Gasteiger partial charge in [-0.05, 0) is 39.3 Å². The van der Waals surface area contributed by atoms with Crippen molar-refractivity contribution in [3.05, 3.63) is 29.6 Å². The molecule has 1 aliphatic rings. The summed E-state index contributed by atoms with van der Waals surface area (Å²) < 4.78 is 19.4. The summed E-state index contributed by atoms with van der Waals surface area (Å²) in [6.45, 7) is 6.51. The van der Waals surface area contributed by atoms with Gasteiger partial charge in [-0.25, -0.2) is 9.18 Å². The molecule has 0 saturated carbocycles. The number of carbonyl (C=O) groups is 1. The minimum atomic E-state index is -0.546. The Labute approximate surface area is 129 Å². The van der Waals surface area contributed by atoms with E-state index >= 15 is 0 Å². The van der Waals surface area contributed by atoms with Crippen molar-refractivity contribution in [1.29, 1.82) is 5.26 Å². The van der Waals surface area contributed by atoms with Crippen molar-refractivity contribution < 1.29 is 13.9 Å². The highest BCUT2D eigenvalue weighted by molar-refractivity contribution is 5.68. The molecular formula is C16H20FN3O2. The van der Waals surface area contributed by atoms with Crippen LogP contribution in [-0.2, 0) is 4.74 Å². The molecule has 1 amide bonds. The van der Waals surface area contributed by atoms with Gasteiger partial charge in [0.2, 0.25) is 0 Å². The SMILES string of the molecule is CC(C)(C)OC(=O)NC1CCN(c2cccc(C#N)c2F)C1. The Balaban J connectivity index is 1.99. The number of nitrogens with one attached hydrogen (secondary N) is 1. The first-order chi connectivity index (χ1) is 10.3. The molecule has 2 rings (SSSR count). The Hall–Kier alpha value is -2.29. The Bertz CT molecular complexity index is 604. The number of alkyl carbamates (subject to hydrolysis) is 1. The zero-order valence-corrected chi connectivity index (χ0v) is 13.0. The third-order valence-corrected chi connectivity index (χ3v) is 3.35. The molecule has 0 aromatic heterocycles. The summed E-state index contributed by atoms with van der Waals surface area (Å²) in [6.07, 6.45) is 0.237. The lowest BCUT2D eigenvalue weighted by molar-refractivity contribution is 0.0509. The smallest absolute Gasteiger partial charge is 0.407 e. The van der Waals surface area contributed by atoms with E-state index in [1.165, 1.54) is 6.07 Å². The maximum Gasteiger partial charge on any atom is 0.407 e. The number of amides is 1. The molecule has 22 heavy (non-hydrogen) atoms. The fourth-order valence-electron chi connectivity index (χ4n) is 2.42. The van der Waals surface area contributed by atoms with Gasteiger partial charge < -0.3 is 15.0 Å². The van der Waals surface area contributed by atoms with Crippen molar-refractivity contribution in [2.75, 3.05) is 18.0 Å². The molecule has 1 N–H and O–H groups in total. The first-order valence-electron chi connectivity index (χ1n) is 7.23. The maximum atomic E-state index is 14.2. The van der Waals surface area contributed by atoms with Gasteiger partial charge in [0.15, 0.2) is 5.82 Å². The normalized spacial score (nSPS) is 18.0. The van der Waals surface area contributed by atoms with E-state index in [4.69, 9.17) is 10.00 Å². The van der Waals surface area contributed by atoms with E-state index in [-0.39, 0.29) is 11.6 Å². The predicted octanol–water partition coefficient (Wildman–Crippen LogP) is 2.80. The summed E-state index contributed by atoms with van der Waals surface area (Å²) in [5.74, 6) is -0.511. The second-order valence-electron chi connectivity index (χ2n) is 6.33. The van der Waals surface area contributed by atoms with Crippen LogP contribution >= 0.6 is 0 Å². The van der Waals surface area contributed by atoms with Gasteiger partial charge in [0.05, 0.1) is 17.3 Å². The van der Waals surface area contributed by atoms with Crippen LogP contribution in [0.25, 0.3) is 0 Å². The molecule has 5 nitrogen and oxygen atoms in total. The second-order valence-corrected chi connectivity index (χ2v) is 6.33. The van der Waals surface area contributed by atoms with Crippen molar-refractivity contribution >= 4 is 11.8 Å². The van der Waals surface area contributed by atoms with Gasteiger partial charge in [0, 0.05) is 13.1 Å². The first kappa shape index (κ1) is 16.1. The Morgan fingerprint density at radius 2 is 2.23 bits per heavy atom. The lowest BCUT2D eigenvalue weighted by Crippen LogP contribution is -2.40. The number of anilines is 1. The fourth-order valence-corrected chi connectivity index (χ4v) is 2.42. The minimum Gasteiger partial charge on any atom is -0.444 e. The van der Waals surface area contributed by atoms with Crippen LogP contribution in [-0.4, -0.2) is 30.8 Å². The molecule has 1 aliphatic heterocycles. The molecule has 0 radical (unpaired) electrons. The van der Waals surface area contributed by atoms with Crippen molar-refractivity contribution in [1.82, 2.24) is 5.32 Å². The topological polar surface area (TPSA) is 65.4 Å². The van der Waals surface area contributed by atoms with Crippen LogP contribution in [0.2, 0.25) is 0 Å². The number of rotatable bonds is 2. The Morgan fingerprint density at radius 3 is 2.86 bits per heavy atom. The van der Waals surface area contributed by atoms with Crippen LogP contribution in [0.1, 0.15) is 32.8 Å². The molecule has 1 aromatic carbocycles. The summed E-state index contributed by atoms with van der Waals surface area (Å²) in [6, 6.07) is 6.49. The van der Waals surface area contributed by atoms with Gasteiger partial charge in [0.25, 0.3) is 0 Å². The largest absolute Gasteiger partial charge is 0.444 e. The van der Waals surface area contributed by atoms with Crippen LogP contribution in [0.3, 0.4) is 0 Å². The van der Waals surface area contributed by atoms with Crippen LogP contribution < -0.4 is 10.2 Å². The van der Waals surface area contributed by atoms with E-state index in [1.807, 2.05) is 11.0 Å². The summed E-state index contributed by atoms with van der Waals surface area (Å²) in [4.78, 5) is 13.6. The third-order valence-electron chi connectivity index (χ3n) is 3.35. The number of ether oxygens (including phenoxy) is 1.